The third-order valence-corrected chi connectivity index (χ3v) is 4.04. The molecular formula is C13H26N2O. The van der Waals surface area contributed by atoms with Crippen LogP contribution in [0.2, 0.25) is 0 Å². The van der Waals surface area contributed by atoms with E-state index in [9.17, 15) is 5.11 Å². The second-order valence-corrected chi connectivity index (χ2v) is 5.55. The number of nitrogens with one attached hydrogen (secondary N) is 1. The minimum absolute atomic E-state index is 0.271. The molecule has 0 amide bonds. The van der Waals surface area contributed by atoms with Crippen molar-refractivity contribution < 1.29 is 5.11 Å². The van der Waals surface area contributed by atoms with Crippen molar-refractivity contribution in [3.8, 4) is 0 Å². The van der Waals surface area contributed by atoms with Crippen LogP contribution in [0.25, 0.3) is 0 Å². The number of aliphatic hydroxyl groups excluding tert-OH is 1. The zero-order valence-electron chi connectivity index (χ0n) is 10.5. The molecule has 2 atom stereocenters. The Hall–Kier alpha value is -0.120. The number of piperazine rings is 1. The van der Waals surface area contributed by atoms with Gasteiger partial charge in [0.05, 0.1) is 6.61 Å². The zero-order valence-corrected chi connectivity index (χ0v) is 10.5. The molecule has 1 aliphatic heterocycles. The maximum absolute atomic E-state index is 9.29. The van der Waals surface area contributed by atoms with Gasteiger partial charge in [-0.05, 0) is 19.8 Å². The molecule has 1 heterocycles. The SMILES string of the molecule is CC1CN(C2CCCCCC2)CC(CO)N1. The van der Waals surface area contributed by atoms with Crippen molar-refractivity contribution >= 4 is 0 Å². The molecule has 2 rings (SSSR count). The van der Waals surface area contributed by atoms with Crippen molar-refractivity contribution in [2.75, 3.05) is 19.7 Å². The highest BCUT2D eigenvalue weighted by atomic mass is 16.3. The van der Waals surface area contributed by atoms with Gasteiger partial charge in [-0.3, -0.25) is 4.90 Å². The first-order valence-corrected chi connectivity index (χ1v) is 6.90. The second kappa shape index (κ2) is 5.99. The van der Waals surface area contributed by atoms with Crippen molar-refractivity contribution in [3.05, 3.63) is 0 Å². The Morgan fingerprint density at radius 1 is 1.12 bits per heavy atom. The lowest BCUT2D eigenvalue weighted by Gasteiger charge is -2.41. The molecule has 3 nitrogen and oxygen atoms in total. The van der Waals surface area contributed by atoms with E-state index in [4.69, 9.17) is 0 Å². The number of hydrogen-bond donors (Lipinski definition) is 2. The first-order chi connectivity index (χ1) is 7.79. The molecule has 2 aliphatic rings. The van der Waals surface area contributed by atoms with Gasteiger partial charge >= 0.3 is 0 Å². The second-order valence-electron chi connectivity index (χ2n) is 5.55. The summed E-state index contributed by atoms with van der Waals surface area (Å²) in [5.41, 5.74) is 0. The van der Waals surface area contributed by atoms with Crippen molar-refractivity contribution in [2.45, 2.75) is 63.6 Å². The number of nitrogens with zero attached hydrogens (tertiary/aromatic N) is 1. The van der Waals surface area contributed by atoms with Crippen LogP contribution in [0.3, 0.4) is 0 Å². The minimum atomic E-state index is 0.271. The fourth-order valence-electron chi connectivity index (χ4n) is 3.25. The molecule has 0 aromatic heterocycles. The Labute approximate surface area is 99.2 Å². The summed E-state index contributed by atoms with van der Waals surface area (Å²) >= 11 is 0. The minimum Gasteiger partial charge on any atom is -0.395 e. The van der Waals surface area contributed by atoms with E-state index in [0.717, 1.165) is 19.1 Å². The van der Waals surface area contributed by atoms with Crippen LogP contribution in [-0.2, 0) is 0 Å². The Bertz CT molecular complexity index is 202. The number of hydrogen-bond acceptors (Lipinski definition) is 3. The lowest BCUT2D eigenvalue weighted by Crippen LogP contribution is -2.59. The third kappa shape index (κ3) is 3.19. The van der Waals surface area contributed by atoms with Gasteiger partial charge in [0, 0.05) is 31.2 Å². The fraction of sp³-hybridized carbons (Fsp3) is 1.00. The zero-order chi connectivity index (χ0) is 11.4. The van der Waals surface area contributed by atoms with Crippen LogP contribution in [0, 0.1) is 0 Å². The van der Waals surface area contributed by atoms with Crippen molar-refractivity contribution in [1.82, 2.24) is 10.2 Å². The smallest absolute Gasteiger partial charge is 0.0597 e. The highest BCUT2D eigenvalue weighted by Gasteiger charge is 2.28. The maximum atomic E-state index is 9.29. The quantitative estimate of drug-likeness (QED) is 0.698. The molecule has 1 saturated heterocycles. The first kappa shape index (κ1) is 12.3. The van der Waals surface area contributed by atoms with E-state index in [1.54, 1.807) is 0 Å². The molecule has 2 N–H and O–H groups in total. The van der Waals surface area contributed by atoms with E-state index in [0.29, 0.717) is 6.04 Å². The molecule has 3 heteroatoms. The highest BCUT2D eigenvalue weighted by molar-refractivity contribution is 4.87. The van der Waals surface area contributed by atoms with Gasteiger partial charge in [0.15, 0.2) is 0 Å². The number of aliphatic hydroxyl groups is 1. The monoisotopic (exact) mass is 226 g/mol. The van der Waals surface area contributed by atoms with Crippen LogP contribution >= 0.6 is 0 Å². The Morgan fingerprint density at radius 2 is 1.81 bits per heavy atom. The average molecular weight is 226 g/mol. The molecule has 94 valence electrons. The van der Waals surface area contributed by atoms with E-state index < -0.39 is 0 Å². The van der Waals surface area contributed by atoms with Gasteiger partial charge in [-0.2, -0.15) is 0 Å². The van der Waals surface area contributed by atoms with Gasteiger partial charge in [0.25, 0.3) is 0 Å². The van der Waals surface area contributed by atoms with Crippen LogP contribution in [0.5, 0.6) is 0 Å². The molecule has 1 aliphatic carbocycles. The summed E-state index contributed by atoms with van der Waals surface area (Å²) in [5, 5.41) is 12.8. The Balaban J connectivity index is 1.90. The average Bonchev–Trinajstić information content (AvgIpc) is 2.56. The van der Waals surface area contributed by atoms with E-state index in [-0.39, 0.29) is 12.6 Å². The molecule has 0 bridgehead atoms. The standard InChI is InChI=1S/C13H26N2O/c1-11-8-15(9-12(10-16)14-11)13-6-4-2-3-5-7-13/h11-14,16H,2-10H2,1H3. The van der Waals surface area contributed by atoms with Crippen LogP contribution in [0.4, 0.5) is 0 Å². The van der Waals surface area contributed by atoms with Gasteiger partial charge in [0.2, 0.25) is 0 Å². The van der Waals surface area contributed by atoms with Gasteiger partial charge in [-0.15, -0.1) is 0 Å². The van der Waals surface area contributed by atoms with Gasteiger partial charge < -0.3 is 10.4 Å². The summed E-state index contributed by atoms with van der Waals surface area (Å²) in [6, 6.07) is 1.59. The van der Waals surface area contributed by atoms with Crippen molar-refractivity contribution in [3.63, 3.8) is 0 Å². The van der Waals surface area contributed by atoms with E-state index >= 15 is 0 Å². The molecule has 0 radical (unpaired) electrons. The van der Waals surface area contributed by atoms with Crippen LogP contribution in [-0.4, -0.2) is 47.8 Å². The molecule has 0 spiro atoms. The Morgan fingerprint density at radius 3 is 2.44 bits per heavy atom. The van der Waals surface area contributed by atoms with Gasteiger partial charge in [0.1, 0.15) is 0 Å². The topological polar surface area (TPSA) is 35.5 Å². The first-order valence-electron chi connectivity index (χ1n) is 6.90. The summed E-state index contributed by atoms with van der Waals surface area (Å²) in [7, 11) is 0. The van der Waals surface area contributed by atoms with Crippen LogP contribution < -0.4 is 5.32 Å². The molecule has 0 aromatic carbocycles. The number of rotatable bonds is 2. The predicted molar refractivity (Wildman–Crippen MR) is 66.5 cm³/mol. The van der Waals surface area contributed by atoms with E-state index in [1.807, 2.05) is 0 Å². The molecule has 2 fully saturated rings. The maximum Gasteiger partial charge on any atom is 0.0597 e. The Kier molecular flexibility index (Phi) is 4.62. The summed E-state index contributed by atoms with van der Waals surface area (Å²) < 4.78 is 0. The summed E-state index contributed by atoms with van der Waals surface area (Å²) in [6.07, 6.45) is 8.36. The van der Waals surface area contributed by atoms with Crippen LogP contribution in [0.15, 0.2) is 0 Å². The summed E-state index contributed by atoms with van der Waals surface area (Å²) in [5.74, 6) is 0. The highest BCUT2D eigenvalue weighted by Crippen LogP contribution is 2.23. The van der Waals surface area contributed by atoms with E-state index in [2.05, 4.69) is 17.1 Å². The molecule has 1 saturated carbocycles. The van der Waals surface area contributed by atoms with Gasteiger partial charge in [-0.25, -0.2) is 0 Å². The molecule has 2 unspecified atom stereocenters. The predicted octanol–water partition coefficient (Wildman–Crippen LogP) is 1.36. The fourth-order valence-corrected chi connectivity index (χ4v) is 3.25. The third-order valence-electron chi connectivity index (χ3n) is 4.04. The molecule has 16 heavy (non-hydrogen) atoms. The van der Waals surface area contributed by atoms with E-state index in [1.165, 1.54) is 38.5 Å². The van der Waals surface area contributed by atoms with Crippen molar-refractivity contribution in [1.29, 1.82) is 0 Å². The lowest BCUT2D eigenvalue weighted by atomic mass is 10.0. The molecule has 0 aromatic rings. The summed E-state index contributed by atoms with van der Waals surface area (Å²) in [6.45, 7) is 4.69. The largest absolute Gasteiger partial charge is 0.395 e. The lowest BCUT2D eigenvalue weighted by molar-refractivity contribution is 0.0835. The van der Waals surface area contributed by atoms with Crippen LogP contribution in [0.1, 0.15) is 45.4 Å². The summed E-state index contributed by atoms with van der Waals surface area (Å²) in [4.78, 5) is 2.62. The molecular weight excluding hydrogens is 200 g/mol. The van der Waals surface area contributed by atoms with Crippen molar-refractivity contribution in [2.24, 2.45) is 0 Å². The normalized spacial score (nSPS) is 34.9. The van der Waals surface area contributed by atoms with Gasteiger partial charge in [-0.1, -0.05) is 25.7 Å².